The van der Waals surface area contributed by atoms with Crippen molar-refractivity contribution in [1.82, 2.24) is 35.0 Å². The maximum absolute atomic E-state index is 13.6. The lowest BCUT2D eigenvalue weighted by Crippen LogP contribution is -2.49. The van der Waals surface area contributed by atoms with Gasteiger partial charge in [-0.05, 0) is 97.5 Å². The lowest BCUT2D eigenvalue weighted by Gasteiger charge is -2.39. The molecule has 1 atom stereocenters. The third-order valence-corrected chi connectivity index (χ3v) is 7.47. The molecule has 0 spiro atoms. The molecule has 5 rings (SSSR count). The van der Waals surface area contributed by atoms with Gasteiger partial charge in [0.25, 0.3) is 5.56 Å². The van der Waals surface area contributed by atoms with Crippen molar-refractivity contribution in [1.29, 1.82) is 0 Å². The Morgan fingerprint density at radius 2 is 1.76 bits per heavy atom. The number of nitrogens with zero attached hydrogens (tertiary/aromatic N) is 6. The Kier molecular flexibility index (Phi) is 7.07. The monoisotopic (exact) mass is 515 g/mol. The van der Waals surface area contributed by atoms with E-state index in [9.17, 15) is 4.79 Å². The number of hydrogen-bond acceptors (Lipinski definition) is 7. The van der Waals surface area contributed by atoms with Gasteiger partial charge in [0.05, 0.1) is 12.6 Å². The Morgan fingerprint density at radius 1 is 1.03 bits per heavy atom. The van der Waals surface area contributed by atoms with E-state index in [0.29, 0.717) is 11.4 Å². The van der Waals surface area contributed by atoms with Crippen molar-refractivity contribution in [2.45, 2.75) is 52.7 Å². The van der Waals surface area contributed by atoms with E-state index in [4.69, 9.17) is 4.74 Å². The molecule has 0 saturated carbocycles. The van der Waals surface area contributed by atoms with Gasteiger partial charge in [-0.2, -0.15) is 0 Å². The van der Waals surface area contributed by atoms with Crippen molar-refractivity contribution in [3.63, 3.8) is 0 Å². The number of rotatable bonds is 6. The van der Waals surface area contributed by atoms with Crippen LogP contribution in [0.4, 0.5) is 0 Å². The third kappa shape index (κ3) is 5.21. The molecule has 38 heavy (non-hydrogen) atoms. The highest BCUT2D eigenvalue weighted by atomic mass is 16.5. The molecule has 0 aliphatic carbocycles. The van der Waals surface area contributed by atoms with Crippen LogP contribution in [0.3, 0.4) is 0 Å². The van der Waals surface area contributed by atoms with Gasteiger partial charge in [0.1, 0.15) is 11.8 Å². The van der Waals surface area contributed by atoms with Gasteiger partial charge < -0.3 is 9.72 Å². The van der Waals surface area contributed by atoms with E-state index in [1.807, 2.05) is 28.9 Å². The highest BCUT2D eigenvalue weighted by molar-refractivity contribution is 5.81. The molecule has 1 unspecified atom stereocenters. The summed E-state index contributed by atoms with van der Waals surface area (Å²) in [6.45, 7) is 14.6. The molecular weight excluding hydrogens is 478 g/mol. The zero-order valence-electron chi connectivity index (χ0n) is 23.2. The second kappa shape index (κ2) is 10.3. The first-order valence-electron chi connectivity index (χ1n) is 13.2. The standard InChI is InChI=1S/C29H37N7O2/c1-19-14-22-17-24(28(37)30-25(22)15-20(19)2)26(27-31-32-33-36(27)29(3,4)5)35-12-10-34(11-13-35)18-21-8-7-9-23(16-21)38-6/h7-9,14-17,26H,10-13,18H2,1-6H3,(H,30,37). The molecule has 2 aromatic carbocycles. The number of aromatic amines is 1. The van der Waals surface area contributed by atoms with E-state index in [-0.39, 0.29) is 17.1 Å². The highest BCUT2D eigenvalue weighted by Gasteiger charge is 2.35. The van der Waals surface area contributed by atoms with Crippen LogP contribution in [0.2, 0.25) is 0 Å². The Bertz CT molecular complexity index is 1490. The lowest BCUT2D eigenvalue weighted by atomic mass is 9.99. The summed E-state index contributed by atoms with van der Waals surface area (Å²) in [5.41, 5.74) is 4.65. The maximum Gasteiger partial charge on any atom is 0.253 e. The number of tetrazole rings is 1. The maximum atomic E-state index is 13.6. The van der Waals surface area contributed by atoms with E-state index in [1.54, 1.807) is 7.11 Å². The van der Waals surface area contributed by atoms with Crippen LogP contribution < -0.4 is 10.3 Å². The van der Waals surface area contributed by atoms with Crippen molar-refractivity contribution >= 4 is 10.9 Å². The normalized spacial score (nSPS) is 16.2. The third-order valence-electron chi connectivity index (χ3n) is 7.47. The number of piperazine rings is 1. The van der Waals surface area contributed by atoms with Crippen molar-refractivity contribution in [3.05, 3.63) is 80.9 Å². The second-order valence-electron chi connectivity index (χ2n) is 11.3. The molecule has 9 nitrogen and oxygen atoms in total. The minimum Gasteiger partial charge on any atom is -0.497 e. The number of methoxy groups -OCH3 is 1. The quantitative estimate of drug-likeness (QED) is 0.418. The van der Waals surface area contributed by atoms with Crippen LogP contribution in [0.5, 0.6) is 5.75 Å². The number of pyridine rings is 1. The van der Waals surface area contributed by atoms with E-state index >= 15 is 0 Å². The minimum absolute atomic E-state index is 0.104. The number of fused-ring (bicyclic) bond motifs is 1. The van der Waals surface area contributed by atoms with Gasteiger partial charge in [0.2, 0.25) is 0 Å². The number of benzene rings is 2. The first-order valence-corrected chi connectivity index (χ1v) is 13.2. The van der Waals surface area contributed by atoms with Gasteiger partial charge in [0.15, 0.2) is 5.82 Å². The van der Waals surface area contributed by atoms with Gasteiger partial charge in [-0.3, -0.25) is 14.6 Å². The molecule has 9 heteroatoms. The van der Waals surface area contributed by atoms with Gasteiger partial charge in [-0.1, -0.05) is 12.1 Å². The fourth-order valence-corrected chi connectivity index (χ4v) is 5.25. The van der Waals surface area contributed by atoms with Crippen molar-refractivity contribution in [3.8, 4) is 5.75 Å². The molecule has 0 bridgehead atoms. The highest BCUT2D eigenvalue weighted by Crippen LogP contribution is 2.31. The molecule has 1 aliphatic heterocycles. The molecule has 3 heterocycles. The van der Waals surface area contributed by atoms with Crippen LogP contribution in [0.15, 0.2) is 47.3 Å². The topological polar surface area (TPSA) is 92.2 Å². The summed E-state index contributed by atoms with van der Waals surface area (Å²) in [4.78, 5) is 21.5. The lowest BCUT2D eigenvalue weighted by molar-refractivity contribution is 0.0975. The molecule has 1 saturated heterocycles. The van der Waals surface area contributed by atoms with E-state index in [0.717, 1.165) is 54.9 Å². The summed E-state index contributed by atoms with van der Waals surface area (Å²) in [5.74, 6) is 1.56. The predicted molar refractivity (Wildman–Crippen MR) is 149 cm³/mol. The van der Waals surface area contributed by atoms with Crippen LogP contribution in [0.1, 0.15) is 54.9 Å². The van der Waals surface area contributed by atoms with E-state index in [2.05, 4.69) is 83.1 Å². The largest absolute Gasteiger partial charge is 0.497 e. The summed E-state index contributed by atoms with van der Waals surface area (Å²) in [6.07, 6.45) is 0. The average molecular weight is 516 g/mol. The van der Waals surface area contributed by atoms with Gasteiger partial charge in [-0.15, -0.1) is 5.10 Å². The first kappa shape index (κ1) is 26.1. The van der Waals surface area contributed by atoms with E-state index in [1.165, 1.54) is 11.1 Å². The number of nitrogens with one attached hydrogen (secondary N) is 1. The van der Waals surface area contributed by atoms with Crippen molar-refractivity contribution in [2.75, 3.05) is 33.3 Å². The summed E-state index contributed by atoms with van der Waals surface area (Å²) < 4.78 is 7.25. The Hall–Kier alpha value is -3.56. The van der Waals surface area contributed by atoms with Gasteiger partial charge >= 0.3 is 0 Å². The zero-order valence-corrected chi connectivity index (χ0v) is 23.2. The Labute approximate surface area is 223 Å². The zero-order chi connectivity index (χ0) is 27.0. The van der Waals surface area contributed by atoms with Crippen LogP contribution in [-0.4, -0.2) is 68.3 Å². The molecule has 0 radical (unpaired) electrons. The summed E-state index contributed by atoms with van der Waals surface area (Å²) in [5, 5.41) is 13.9. The number of aryl methyl sites for hydroxylation is 2. The molecule has 1 N–H and O–H groups in total. The second-order valence-corrected chi connectivity index (χ2v) is 11.3. The van der Waals surface area contributed by atoms with E-state index < -0.39 is 0 Å². The van der Waals surface area contributed by atoms with Crippen LogP contribution in [-0.2, 0) is 12.1 Å². The number of aromatic nitrogens is 5. The SMILES string of the molecule is COc1cccc(CN2CCN(C(c3cc4cc(C)c(C)cc4[nH]c3=O)c3nnnn3C(C)(C)C)CC2)c1. The predicted octanol–water partition coefficient (Wildman–Crippen LogP) is 3.80. The molecule has 2 aromatic heterocycles. The fraction of sp³-hybridized carbons (Fsp3) is 0.448. The summed E-state index contributed by atoms with van der Waals surface area (Å²) >= 11 is 0. The summed E-state index contributed by atoms with van der Waals surface area (Å²) in [6, 6.07) is 14.1. The number of ether oxygens (including phenoxy) is 1. The van der Waals surface area contributed by atoms with Crippen LogP contribution in [0.25, 0.3) is 10.9 Å². The molecule has 1 fully saturated rings. The molecule has 4 aromatic rings. The molecule has 1 aliphatic rings. The van der Waals surface area contributed by atoms with Gasteiger partial charge in [-0.25, -0.2) is 4.68 Å². The average Bonchev–Trinajstić information content (AvgIpc) is 3.37. The first-order chi connectivity index (χ1) is 18.1. The minimum atomic E-state index is -0.363. The number of hydrogen-bond donors (Lipinski definition) is 1. The Morgan fingerprint density at radius 3 is 2.47 bits per heavy atom. The number of H-pyrrole nitrogens is 1. The molecular formula is C29H37N7O2. The van der Waals surface area contributed by atoms with Crippen molar-refractivity contribution < 1.29 is 4.74 Å². The van der Waals surface area contributed by atoms with Gasteiger partial charge in [0, 0.05) is 43.8 Å². The van der Waals surface area contributed by atoms with Crippen LogP contribution in [0, 0.1) is 13.8 Å². The van der Waals surface area contributed by atoms with Crippen LogP contribution >= 0.6 is 0 Å². The van der Waals surface area contributed by atoms with Crippen molar-refractivity contribution in [2.24, 2.45) is 0 Å². The molecule has 200 valence electrons. The smallest absolute Gasteiger partial charge is 0.253 e. The fourth-order valence-electron chi connectivity index (χ4n) is 5.25. The summed E-state index contributed by atoms with van der Waals surface area (Å²) in [7, 11) is 1.69. The Balaban J connectivity index is 1.49. The molecule has 0 amide bonds.